The second kappa shape index (κ2) is 3.61. The van der Waals surface area contributed by atoms with Gasteiger partial charge in [-0.3, -0.25) is 0 Å². The second-order valence-electron chi connectivity index (χ2n) is 4.33. The Morgan fingerprint density at radius 3 is 2.53 bits per heavy atom. The second-order valence-corrected chi connectivity index (χ2v) is 4.33. The molecule has 2 heteroatoms. The van der Waals surface area contributed by atoms with Gasteiger partial charge >= 0.3 is 0 Å². The van der Waals surface area contributed by atoms with Crippen LogP contribution in [0.3, 0.4) is 0 Å². The summed E-state index contributed by atoms with van der Waals surface area (Å²) in [6.45, 7) is 8.75. The van der Waals surface area contributed by atoms with E-state index in [1.54, 1.807) is 6.33 Å². The van der Waals surface area contributed by atoms with Gasteiger partial charge in [-0.15, -0.1) is 0 Å². The molecular weight excluding hydrogens is 184 g/mol. The van der Waals surface area contributed by atoms with Gasteiger partial charge in [-0.1, -0.05) is 13.8 Å². The lowest BCUT2D eigenvalue weighted by Gasteiger charge is -2.14. The molecule has 0 unspecified atom stereocenters. The van der Waals surface area contributed by atoms with Crippen molar-refractivity contribution in [3.63, 3.8) is 0 Å². The van der Waals surface area contributed by atoms with Crippen LogP contribution in [0.1, 0.15) is 36.5 Å². The molecule has 2 rings (SSSR count). The predicted molar refractivity (Wildman–Crippen MR) is 63.1 cm³/mol. The summed E-state index contributed by atoms with van der Waals surface area (Å²) in [7, 11) is 0. The molecule has 0 saturated carbocycles. The first-order valence-electron chi connectivity index (χ1n) is 5.31. The molecular formula is C13H16N2. The molecule has 1 heterocycles. The normalized spacial score (nSPS) is 11.3. The van der Waals surface area contributed by atoms with Crippen molar-refractivity contribution in [3.05, 3.63) is 35.3 Å². The zero-order valence-corrected chi connectivity index (χ0v) is 9.70. The van der Waals surface area contributed by atoms with Gasteiger partial charge in [-0.2, -0.15) is 0 Å². The average molecular weight is 200 g/mol. The molecule has 1 aromatic heterocycles. The Hall–Kier alpha value is -1.44. The number of aryl methyl sites for hydroxylation is 1. The van der Waals surface area contributed by atoms with Crippen LogP contribution < -0.4 is 0 Å². The van der Waals surface area contributed by atoms with E-state index < -0.39 is 0 Å². The molecule has 0 saturated heterocycles. The highest BCUT2D eigenvalue weighted by Gasteiger charge is 2.09. The SMILES string of the molecule is Cc1c(C(C)C)cc2cncnc2c1C. The van der Waals surface area contributed by atoms with E-state index >= 15 is 0 Å². The molecule has 2 aromatic rings. The molecule has 0 fully saturated rings. The molecule has 0 atom stereocenters. The Kier molecular flexibility index (Phi) is 2.43. The van der Waals surface area contributed by atoms with Crippen LogP contribution in [0.15, 0.2) is 18.6 Å². The Morgan fingerprint density at radius 1 is 1.13 bits per heavy atom. The van der Waals surface area contributed by atoms with Crippen molar-refractivity contribution < 1.29 is 0 Å². The fraction of sp³-hybridized carbons (Fsp3) is 0.385. The van der Waals surface area contributed by atoms with Crippen molar-refractivity contribution in [2.75, 3.05) is 0 Å². The van der Waals surface area contributed by atoms with Gasteiger partial charge in [0.1, 0.15) is 6.33 Å². The zero-order chi connectivity index (χ0) is 11.0. The minimum absolute atomic E-state index is 0.549. The van der Waals surface area contributed by atoms with E-state index in [9.17, 15) is 0 Å². The maximum atomic E-state index is 4.33. The maximum Gasteiger partial charge on any atom is 0.116 e. The van der Waals surface area contributed by atoms with Gasteiger partial charge in [0.05, 0.1) is 5.52 Å². The number of hydrogen-bond acceptors (Lipinski definition) is 2. The summed E-state index contributed by atoms with van der Waals surface area (Å²) in [5.41, 5.74) is 5.11. The van der Waals surface area contributed by atoms with Gasteiger partial charge in [-0.05, 0) is 42.5 Å². The van der Waals surface area contributed by atoms with Crippen LogP contribution in [-0.2, 0) is 0 Å². The van der Waals surface area contributed by atoms with E-state index in [4.69, 9.17) is 0 Å². The third kappa shape index (κ3) is 1.60. The zero-order valence-electron chi connectivity index (χ0n) is 9.70. The van der Waals surface area contributed by atoms with Crippen LogP contribution in [0.25, 0.3) is 10.9 Å². The number of hydrogen-bond donors (Lipinski definition) is 0. The van der Waals surface area contributed by atoms with E-state index in [1.807, 2.05) is 6.20 Å². The van der Waals surface area contributed by atoms with Crippen LogP contribution >= 0.6 is 0 Å². The molecule has 0 radical (unpaired) electrons. The third-order valence-corrected chi connectivity index (χ3v) is 3.02. The molecule has 0 aliphatic rings. The topological polar surface area (TPSA) is 25.8 Å². The van der Waals surface area contributed by atoms with Crippen molar-refractivity contribution in [1.29, 1.82) is 0 Å². The monoisotopic (exact) mass is 200 g/mol. The smallest absolute Gasteiger partial charge is 0.116 e. The van der Waals surface area contributed by atoms with Gasteiger partial charge < -0.3 is 0 Å². The summed E-state index contributed by atoms with van der Waals surface area (Å²) >= 11 is 0. The minimum Gasteiger partial charge on any atom is -0.244 e. The van der Waals surface area contributed by atoms with E-state index in [-0.39, 0.29) is 0 Å². The van der Waals surface area contributed by atoms with Crippen LogP contribution in [0.4, 0.5) is 0 Å². The number of rotatable bonds is 1. The van der Waals surface area contributed by atoms with Gasteiger partial charge in [0.25, 0.3) is 0 Å². The number of fused-ring (bicyclic) bond motifs is 1. The highest BCUT2D eigenvalue weighted by molar-refractivity contribution is 5.83. The minimum atomic E-state index is 0.549. The van der Waals surface area contributed by atoms with Crippen LogP contribution in [0.5, 0.6) is 0 Å². The quantitative estimate of drug-likeness (QED) is 0.705. The van der Waals surface area contributed by atoms with Crippen molar-refractivity contribution in [2.45, 2.75) is 33.6 Å². The van der Waals surface area contributed by atoms with Gasteiger partial charge in [0, 0.05) is 11.6 Å². The fourth-order valence-corrected chi connectivity index (χ4v) is 2.03. The first-order chi connectivity index (χ1) is 7.11. The lowest BCUT2D eigenvalue weighted by atomic mass is 9.93. The summed E-state index contributed by atoms with van der Waals surface area (Å²) in [6.07, 6.45) is 3.50. The predicted octanol–water partition coefficient (Wildman–Crippen LogP) is 3.37. The van der Waals surface area contributed by atoms with E-state index in [1.165, 1.54) is 16.7 Å². The van der Waals surface area contributed by atoms with Gasteiger partial charge in [0.2, 0.25) is 0 Å². The Bertz CT molecular complexity index is 501. The van der Waals surface area contributed by atoms with Gasteiger partial charge in [0.15, 0.2) is 0 Å². The number of benzene rings is 1. The van der Waals surface area contributed by atoms with Gasteiger partial charge in [-0.25, -0.2) is 9.97 Å². The summed E-state index contributed by atoms with van der Waals surface area (Å²) in [5, 5.41) is 1.14. The molecule has 0 aliphatic carbocycles. The highest BCUT2D eigenvalue weighted by atomic mass is 14.8. The average Bonchev–Trinajstić information content (AvgIpc) is 2.23. The van der Waals surface area contributed by atoms with Crippen LogP contribution in [0.2, 0.25) is 0 Å². The van der Waals surface area contributed by atoms with E-state index in [0.717, 1.165) is 10.9 Å². The molecule has 1 aromatic carbocycles. The molecule has 0 amide bonds. The van der Waals surface area contributed by atoms with E-state index in [2.05, 4.69) is 43.7 Å². The molecule has 2 nitrogen and oxygen atoms in total. The molecule has 0 spiro atoms. The molecule has 78 valence electrons. The summed E-state index contributed by atoms with van der Waals surface area (Å²) in [4.78, 5) is 8.40. The van der Waals surface area contributed by atoms with Crippen molar-refractivity contribution in [3.8, 4) is 0 Å². The first kappa shape index (κ1) is 10.1. The summed E-state index contributed by atoms with van der Waals surface area (Å²) in [6, 6.07) is 2.21. The lowest BCUT2D eigenvalue weighted by Crippen LogP contribution is -1.97. The molecule has 15 heavy (non-hydrogen) atoms. The van der Waals surface area contributed by atoms with Crippen molar-refractivity contribution in [1.82, 2.24) is 9.97 Å². The first-order valence-corrected chi connectivity index (χ1v) is 5.31. The number of aromatic nitrogens is 2. The Balaban J connectivity index is 2.82. The maximum absolute atomic E-state index is 4.33. The van der Waals surface area contributed by atoms with Crippen molar-refractivity contribution >= 4 is 10.9 Å². The standard InChI is InChI=1S/C13H16N2/c1-8(2)12-5-11-6-14-7-15-13(11)10(4)9(12)3/h5-8H,1-4H3. The largest absolute Gasteiger partial charge is 0.244 e. The Morgan fingerprint density at radius 2 is 1.87 bits per heavy atom. The molecule has 0 aliphatic heterocycles. The summed E-state index contributed by atoms with van der Waals surface area (Å²) in [5.74, 6) is 0.549. The molecule has 0 bridgehead atoms. The fourth-order valence-electron chi connectivity index (χ4n) is 2.03. The van der Waals surface area contributed by atoms with Crippen molar-refractivity contribution in [2.24, 2.45) is 0 Å². The van der Waals surface area contributed by atoms with Crippen LogP contribution in [0, 0.1) is 13.8 Å². The Labute approximate surface area is 90.4 Å². The van der Waals surface area contributed by atoms with Crippen LogP contribution in [-0.4, -0.2) is 9.97 Å². The highest BCUT2D eigenvalue weighted by Crippen LogP contribution is 2.27. The summed E-state index contributed by atoms with van der Waals surface area (Å²) < 4.78 is 0. The van der Waals surface area contributed by atoms with E-state index in [0.29, 0.717) is 5.92 Å². The lowest BCUT2D eigenvalue weighted by molar-refractivity contribution is 0.856. The third-order valence-electron chi connectivity index (χ3n) is 3.02. The molecule has 0 N–H and O–H groups in total. The number of nitrogens with zero attached hydrogens (tertiary/aromatic N) is 2.